The van der Waals surface area contributed by atoms with E-state index in [-0.39, 0.29) is 17.7 Å². The van der Waals surface area contributed by atoms with E-state index in [4.69, 9.17) is 0 Å². The Bertz CT molecular complexity index is 502. The van der Waals surface area contributed by atoms with Gasteiger partial charge in [0.2, 0.25) is 11.8 Å². The number of carbonyl (C=O) groups is 2. The monoisotopic (exact) mass is 319 g/mol. The first-order chi connectivity index (χ1) is 11.1. The fourth-order valence-electron chi connectivity index (χ4n) is 4.24. The van der Waals surface area contributed by atoms with E-state index in [0.29, 0.717) is 19.0 Å². The Morgan fingerprint density at radius 1 is 1.35 bits per heavy atom. The van der Waals surface area contributed by atoms with E-state index < -0.39 is 0 Å². The van der Waals surface area contributed by atoms with Gasteiger partial charge in [0.1, 0.15) is 0 Å². The smallest absolute Gasteiger partial charge is 0.228 e. The predicted molar refractivity (Wildman–Crippen MR) is 89.9 cm³/mol. The zero-order valence-corrected chi connectivity index (χ0v) is 14.5. The van der Waals surface area contributed by atoms with Gasteiger partial charge in [-0.1, -0.05) is 18.6 Å². The van der Waals surface area contributed by atoms with E-state index in [1.165, 1.54) is 18.4 Å². The first kappa shape index (κ1) is 16.5. The van der Waals surface area contributed by atoms with Crippen LogP contribution >= 0.6 is 0 Å². The summed E-state index contributed by atoms with van der Waals surface area (Å²) in [6.07, 6.45) is 5.94. The summed E-state index contributed by atoms with van der Waals surface area (Å²) in [6.45, 7) is 9.40. The van der Waals surface area contributed by atoms with Gasteiger partial charge in [-0.05, 0) is 39.3 Å². The maximum Gasteiger partial charge on any atom is 0.228 e. The Morgan fingerprint density at radius 2 is 2.17 bits per heavy atom. The van der Waals surface area contributed by atoms with E-state index in [1.54, 1.807) is 0 Å². The lowest BCUT2D eigenvalue weighted by Crippen LogP contribution is -2.42. The lowest BCUT2D eigenvalue weighted by atomic mass is 10.0. The first-order valence-electron chi connectivity index (χ1n) is 9.04. The summed E-state index contributed by atoms with van der Waals surface area (Å²) in [5.41, 5.74) is 1.26. The molecular weight excluding hydrogens is 290 g/mol. The average Bonchev–Trinajstić information content (AvgIpc) is 3.14. The molecule has 23 heavy (non-hydrogen) atoms. The van der Waals surface area contributed by atoms with Crippen molar-refractivity contribution in [3.63, 3.8) is 0 Å². The molecule has 0 saturated carbocycles. The average molecular weight is 319 g/mol. The van der Waals surface area contributed by atoms with Gasteiger partial charge < -0.3 is 9.80 Å². The second kappa shape index (κ2) is 7.04. The third kappa shape index (κ3) is 3.60. The predicted octanol–water partition coefficient (Wildman–Crippen LogP) is 1.50. The van der Waals surface area contributed by atoms with Crippen LogP contribution < -0.4 is 0 Å². The van der Waals surface area contributed by atoms with Gasteiger partial charge in [-0.15, -0.1) is 0 Å². The van der Waals surface area contributed by atoms with E-state index in [0.717, 1.165) is 39.1 Å². The molecule has 128 valence electrons. The van der Waals surface area contributed by atoms with Crippen LogP contribution in [-0.4, -0.2) is 71.8 Å². The van der Waals surface area contributed by atoms with Crippen molar-refractivity contribution in [2.75, 3.05) is 39.3 Å². The number of rotatable bonds is 4. The number of hydrogen-bond acceptors (Lipinski definition) is 3. The molecule has 5 nitrogen and oxygen atoms in total. The molecule has 3 aliphatic heterocycles. The van der Waals surface area contributed by atoms with Gasteiger partial charge in [-0.25, -0.2) is 0 Å². The Balaban J connectivity index is 1.56. The van der Waals surface area contributed by atoms with Crippen molar-refractivity contribution >= 4 is 11.8 Å². The molecule has 0 aromatic rings. The van der Waals surface area contributed by atoms with E-state index in [9.17, 15) is 9.59 Å². The van der Waals surface area contributed by atoms with Crippen LogP contribution in [-0.2, 0) is 9.59 Å². The molecule has 2 amide bonds. The van der Waals surface area contributed by atoms with Crippen molar-refractivity contribution in [3.8, 4) is 0 Å². The van der Waals surface area contributed by atoms with Crippen molar-refractivity contribution in [2.45, 2.75) is 45.6 Å². The van der Waals surface area contributed by atoms with Crippen LogP contribution in [0.15, 0.2) is 11.6 Å². The van der Waals surface area contributed by atoms with Gasteiger partial charge in [-0.3, -0.25) is 14.5 Å². The van der Waals surface area contributed by atoms with Crippen molar-refractivity contribution < 1.29 is 9.59 Å². The second-order valence-electron chi connectivity index (χ2n) is 7.22. The molecule has 3 rings (SSSR count). The summed E-state index contributed by atoms with van der Waals surface area (Å²) < 4.78 is 0. The van der Waals surface area contributed by atoms with Crippen molar-refractivity contribution in [3.05, 3.63) is 11.6 Å². The highest BCUT2D eigenvalue weighted by Gasteiger charge is 2.38. The van der Waals surface area contributed by atoms with Crippen LogP contribution in [0.1, 0.15) is 39.5 Å². The third-order valence-corrected chi connectivity index (χ3v) is 5.54. The molecule has 5 heteroatoms. The standard InChI is InChI=1S/C18H29N3O2/c1-3-19-8-5-7-16(19)13-21-12-15(10-17(21)22)18(23)20-9-4-6-14(2)11-20/h6,15-16H,3-5,7-13H2,1-2H3/t15-,16-/m0/s1. The molecule has 2 atom stereocenters. The maximum absolute atomic E-state index is 12.7. The number of likely N-dealkylation sites (tertiary alicyclic amines) is 2. The third-order valence-electron chi connectivity index (χ3n) is 5.54. The highest BCUT2D eigenvalue weighted by molar-refractivity contribution is 5.89. The summed E-state index contributed by atoms with van der Waals surface area (Å²) in [6, 6.07) is 0.484. The zero-order chi connectivity index (χ0) is 16.4. The molecule has 3 aliphatic rings. The lowest BCUT2D eigenvalue weighted by Gasteiger charge is -2.29. The molecule has 3 heterocycles. The molecule has 0 aromatic heterocycles. The maximum atomic E-state index is 12.7. The van der Waals surface area contributed by atoms with Gasteiger partial charge in [0, 0.05) is 38.6 Å². The topological polar surface area (TPSA) is 43.9 Å². The minimum absolute atomic E-state index is 0.134. The molecular formula is C18H29N3O2. The van der Waals surface area contributed by atoms with Crippen molar-refractivity contribution in [1.82, 2.24) is 14.7 Å². The minimum atomic E-state index is -0.134. The fourth-order valence-corrected chi connectivity index (χ4v) is 4.24. The molecule has 0 unspecified atom stereocenters. The minimum Gasteiger partial charge on any atom is -0.340 e. The Morgan fingerprint density at radius 3 is 2.91 bits per heavy atom. The van der Waals surface area contributed by atoms with Crippen LogP contribution in [0, 0.1) is 5.92 Å². The van der Waals surface area contributed by atoms with Crippen molar-refractivity contribution in [2.24, 2.45) is 5.92 Å². The molecule has 2 saturated heterocycles. The second-order valence-corrected chi connectivity index (χ2v) is 7.22. The highest BCUT2D eigenvalue weighted by atomic mass is 16.2. The SMILES string of the molecule is CCN1CCC[C@H]1CN1C[C@@H](C(=O)N2CCC=C(C)C2)CC1=O. The van der Waals surface area contributed by atoms with Crippen LogP contribution in [0.4, 0.5) is 0 Å². The number of nitrogens with zero attached hydrogens (tertiary/aromatic N) is 3. The molecule has 0 aromatic carbocycles. The molecule has 0 bridgehead atoms. The van der Waals surface area contributed by atoms with Gasteiger partial charge in [0.05, 0.1) is 5.92 Å². The molecule has 0 aliphatic carbocycles. The number of carbonyl (C=O) groups excluding carboxylic acids is 2. The molecule has 0 spiro atoms. The zero-order valence-electron chi connectivity index (χ0n) is 14.5. The van der Waals surface area contributed by atoms with E-state index >= 15 is 0 Å². The summed E-state index contributed by atoms with van der Waals surface area (Å²) in [4.78, 5) is 31.4. The van der Waals surface area contributed by atoms with Gasteiger partial charge in [-0.2, -0.15) is 0 Å². The fraction of sp³-hybridized carbons (Fsp3) is 0.778. The van der Waals surface area contributed by atoms with Gasteiger partial charge >= 0.3 is 0 Å². The van der Waals surface area contributed by atoms with Crippen LogP contribution in [0.25, 0.3) is 0 Å². The normalized spacial score (nSPS) is 29.3. The van der Waals surface area contributed by atoms with Crippen LogP contribution in [0.2, 0.25) is 0 Å². The number of hydrogen-bond donors (Lipinski definition) is 0. The van der Waals surface area contributed by atoms with Crippen molar-refractivity contribution in [1.29, 1.82) is 0 Å². The van der Waals surface area contributed by atoms with Gasteiger partial charge in [0.25, 0.3) is 0 Å². The summed E-state index contributed by atoms with van der Waals surface area (Å²) in [7, 11) is 0. The molecule has 0 N–H and O–H groups in total. The van der Waals surface area contributed by atoms with Crippen LogP contribution in [0.3, 0.4) is 0 Å². The Kier molecular flexibility index (Phi) is 5.05. The quantitative estimate of drug-likeness (QED) is 0.738. The van der Waals surface area contributed by atoms with Gasteiger partial charge in [0.15, 0.2) is 0 Å². The summed E-state index contributed by atoms with van der Waals surface area (Å²) >= 11 is 0. The Labute approximate surface area is 139 Å². The molecule has 0 radical (unpaired) electrons. The van der Waals surface area contributed by atoms with Crippen LogP contribution in [0.5, 0.6) is 0 Å². The molecule has 2 fully saturated rings. The van der Waals surface area contributed by atoms with E-state index in [1.807, 2.05) is 9.80 Å². The van der Waals surface area contributed by atoms with E-state index in [2.05, 4.69) is 24.8 Å². The lowest BCUT2D eigenvalue weighted by molar-refractivity contribution is -0.135. The Hall–Kier alpha value is -1.36. The summed E-state index contributed by atoms with van der Waals surface area (Å²) in [5.74, 6) is 0.201. The number of amides is 2. The largest absolute Gasteiger partial charge is 0.340 e. The number of likely N-dealkylation sites (N-methyl/N-ethyl adjacent to an activating group) is 1. The highest BCUT2D eigenvalue weighted by Crippen LogP contribution is 2.25. The summed E-state index contributed by atoms with van der Waals surface area (Å²) in [5, 5.41) is 0. The first-order valence-corrected chi connectivity index (χ1v) is 9.04.